The van der Waals surface area contributed by atoms with Crippen molar-refractivity contribution in [2.45, 2.75) is 10.8 Å². The molecule has 92 valence electrons. The van der Waals surface area contributed by atoms with E-state index >= 15 is 0 Å². The number of nitrogens with two attached hydrogens (primary N) is 1. The van der Waals surface area contributed by atoms with E-state index < -0.39 is 0 Å². The van der Waals surface area contributed by atoms with Gasteiger partial charge >= 0.3 is 0 Å². The quantitative estimate of drug-likeness (QED) is 0.690. The Morgan fingerprint density at radius 3 is 2.67 bits per heavy atom. The number of pyridine rings is 1. The molecule has 2 N–H and O–H groups in total. The summed E-state index contributed by atoms with van der Waals surface area (Å²) < 4.78 is 0. The van der Waals surface area contributed by atoms with Crippen LogP contribution in [0.5, 0.6) is 0 Å². The average Bonchev–Trinajstić information content (AvgIpc) is 2.38. The van der Waals surface area contributed by atoms with E-state index in [9.17, 15) is 0 Å². The smallest absolute Gasteiger partial charge is 0.104 e. The number of benzene rings is 1. The van der Waals surface area contributed by atoms with Crippen LogP contribution in [0.4, 0.5) is 0 Å². The van der Waals surface area contributed by atoms with E-state index in [-0.39, 0.29) is 0 Å². The fraction of sp³-hybridized carbons (Fsp3) is 0.0769. The topological polar surface area (TPSA) is 38.9 Å². The lowest BCUT2D eigenvalue weighted by Crippen LogP contribution is -2.09. The first-order valence-corrected chi connectivity index (χ1v) is 7.05. The number of hydrogen-bond acceptors (Lipinski definition) is 3. The molecule has 0 aliphatic rings. The van der Waals surface area contributed by atoms with Crippen molar-refractivity contribution in [2.75, 3.05) is 0 Å². The Kier molecular flexibility index (Phi) is 4.58. The Morgan fingerprint density at radius 2 is 2.00 bits per heavy atom. The number of halogens is 1. The number of rotatable bonds is 4. The normalized spacial score (nSPS) is 10.3. The summed E-state index contributed by atoms with van der Waals surface area (Å²) in [5.74, 6) is 0.838. The zero-order valence-electron chi connectivity index (χ0n) is 9.47. The van der Waals surface area contributed by atoms with Crippen LogP contribution in [0.2, 0.25) is 5.02 Å². The van der Waals surface area contributed by atoms with Crippen LogP contribution in [0.1, 0.15) is 11.1 Å². The van der Waals surface area contributed by atoms with Gasteiger partial charge in [-0.2, -0.15) is 0 Å². The third-order valence-corrected chi connectivity index (χ3v) is 3.80. The Labute approximate surface area is 121 Å². The first kappa shape index (κ1) is 13.3. The molecule has 2 aromatic rings. The van der Waals surface area contributed by atoms with Crippen molar-refractivity contribution < 1.29 is 0 Å². The summed E-state index contributed by atoms with van der Waals surface area (Å²) in [6.45, 7) is 0. The van der Waals surface area contributed by atoms with Gasteiger partial charge in [-0.25, -0.2) is 4.98 Å². The van der Waals surface area contributed by atoms with Crippen LogP contribution in [-0.2, 0) is 5.75 Å². The second kappa shape index (κ2) is 6.18. The van der Waals surface area contributed by atoms with Gasteiger partial charge < -0.3 is 5.73 Å². The molecule has 0 radical (unpaired) electrons. The molecule has 0 saturated carbocycles. The standard InChI is InChI=1S/C13H11ClN2S2/c14-11-3-1-9(2-4-11)8-18-12-7-10(13(15)17)5-6-16-12/h1-7H,8H2,(H2,15,17). The van der Waals surface area contributed by atoms with Gasteiger partial charge in [0.05, 0.1) is 5.03 Å². The molecular weight excluding hydrogens is 284 g/mol. The first-order chi connectivity index (χ1) is 8.65. The van der Waals surface area contributed by atoms with Gasteiger partial charge in [-0.15, -0.1) is 11.8 Å². The second-order valence-corrected chi connectivity index (χ2v) is 5.53. The Balaban J connectivity index is 2.04. The lowest BCUT2D eigenvalue weighted by molar-refractivity contribution is 1.13. The monoisotopic (exact) mass is 294 g/mol. The number of nitrogens with zero attached hydrogens (tertiary/aromatic N) is 1. The van der Waals surface area contributed by atoms with E-state index in [0.717, 1.165) is 21.4 Å². The maximum absolute atomic E-state index is 5.84. The van der Waals surface area contributed by atoms with Crippen molar-refractivity contribution in [1.29, 1.82) is 0 Å². The van der Waals surface area contributed by atoms with Crippen molar-refractivity contribution in [2.24, 2.45) is 5.73 Å². The molecule has 0 spiro atoms. The van der Waals surface area contributed by atoms with Crippen LogP contribution in [0.15, 0.2) is 47.6 Å². The van der Waals surface area contributed by atoms with E-state index in [0.29, 0.717) is 4.99 Å². The number of hydrogen-bond donors (Lipinski definition) is 1. The molecule has 0 unspecified atom stereocenters. The molecular formula is C13H11ClN2S2. The zero-order chi connectivity index (χ0) is 13.0. The van der Waals surface area contributed by atoms with Crippen molar-refractivity contribution in [3.05, 3.63) is 58.7 Å². The fourth-order valence-corrected chi connectivity index (χ4v) is 2.49. The first-order valence-electron chi connectivity index (χ1n) is 5.28. The maximum Gasteiger partial charge on any atom is 0.104 e. The molecule has 0 amide bonds. The highest BCUT2D eigenvalue weighted by Crippen LogP contribution is 2.22. The fourth-order valence-electron chi connectivity index (χ4n) is 1.38. The minimum atomic E-state index is 0.394. The minimum absolute atomic E-state index is 0.394. The van der Waals surface area contributed by atoms with Crippen LogP contribution >= 0.6 is 35.6 Å². The van der Waals surface area contributed by atoms with Gasteiger partial charge in [0.2, 0.25) is 0 Å². The van der Waals surface area contributed by atoms with E-state index in [1.54, 1.807) is 18.0 Å². The zero-order valence-corrected chi connectivity index (χ0v) is 11.9. The molecule has 0 fully saturated rings. The van der Waals surface area contributed by atoms with Gasteiger partial charge in [0.15, 0.2) is 0 Å². The molecule has 0 bridgehead atoms. The lowest BCUT2D eigenvalue weighted by atomic mass is 10.2. The highest BCUT2D eigenvalue weighted by Gasteiger charge is 2.01. The lowest BCUT2D eigenvalue weighted by Gasteiger charge is -2.03. The summed E-state index contributed by atoms with van der Waals surface area (Å²) in [7, 11) is 0. The molecule has 2 rings (SSSR count). The van der Waals surface area contributed by atoms with Gasteiger partial charge in [0.1, 0.15) is 4.99 Å². The van der Waals surface area contributed by atoms with Crippen molar-refractivity contribution in [3.8, 4) is 0 Å². The summed E-state index contributed by atoms with van der Waals surface area (Å²) in [6, 6.07) is 11.5. The molecule has 0 aliphatic heterocycles. The van der Waals surface area contributed by atoms with Crippen LogP contribution in [0, 0.1) is 0 Å². The third-order valence-electron chi connectivity index (χ3n) is 2.32. The van der Waals surface area contributed by atoms with E-state index in [1.807, 2.05) is 36.4 Å². The van der Waals surface area contributed by atoms with Gasteiger partial charge in [0, 0.05) is 22.5 Å². The van der Waals surface area contributed by atoms with Crippen LogP contribution < -0.4 is 5.73 Å². The Morgan fingerprint density at radius 1 is 1.28 bits per heavy atom. The van der Waals surface area contributed by atoms with Crippen LogP contribution in [0.3, 0.4) is 0 Å². The molecule has 1 aromatic carbocycles. The highest BCUT2D eigenvalue weighted by atomic mass is 35.5. The number of aromatic nitrogens is 1. The molecule has 1 heterocycles. The summed E-state index contributed by atoms with van der Waals surface area (Å²) in [4.78, 5) is 4.67. The maximum atomic E-state index is 5.84. The third kappa shape index (κ3) is 3.70. The Bertz CT molecular complexity index is 555. The van der Waals surface area contributed by atoms with Crippen LogP contribution in [-0.4, -0.2) is 9.97 Å². The number of thiocarbonyl (C=S) groups is 1. The predicted octanol–water partition coefficient (Wildman–Crippen LogP) is 3.66. The van der Waals surface area contributed by atoms with E-state index in [2.05, 4.69) is 4.98 Å². The second-order valence-electron chi connectivity index (χ2n) is 3.66. The van der Waals surface area contributed by atoms with Crippen molar-refractivity contribution in [3.63, 3.8) is 0 Å². The summed E-state index contributed by atoms with van der Waals surface area (Å²) in [5.41, 5.74) is 7.63. The van der Waals surface area contributed by atoms with Gasteiger partial charge in [-0.05, 0) is 29.8 Å². The van der Waals surface area contributed by atoms with Gasteiger partial charge in [-0.3, -0.25) is 0 Å². The average molecular weight is 295 g/mol. The summed E-state index contributed by atoms with van der Waals surface area (Å²) in [6.07, 6.45) is 1.72. The largest absolute Gasteiger partial charge is 0.389 e. The molecule has 0 aliphatic carbocycles. The molecule has 18 heavy (non-hydrogen) atoms. The molecule has 1 aromatic heterocycles. The molecule has 0 saturated heterocycles. The highest BCUT2D eigenvalue weighted by molar-refractivity contribution is 7.98. The molecule has 5 heteroatoms. The van der Waals surface area contributed by atoms with Crippen molar-refractivity contribution in [1.82, 2.24) is 4.98 Å². The number of thioether (sulfide) groups is 1. The van der Waals surface area contributed by atoms with Crippen LogP contribution in [0.25, 0.3) is 0 Å². The van der Waals surface area contributed by atoms with Gasteiger partial charge in [-0.1, -0.05) is 36.0 Å². The van der Waals surface area contributed by atoms with E-state index in [1.165, 1.54) is 5.56 Å². The SMILES string of the molecule is NC(=S)c1ccnc(SCc2ccc(Cl)cc2)c1. The molecule has 2 nitrogen and oxygen atoms in total. The van der Waals surface area contributed by atoms with Crippen molar-refractivity contribution >= 4 is 40.6 Å². The Hall–Kier alpha value is -1.10. The van der Waals surface area contributed by atoms with Gasteiger partial charge in [0.25, 0.3) is 0 Å². The summed E-state index contributed by atoms with van der Waals surface area (Å²) in [5, 5.41) is 1.66. The molecule has 0 atom stereocenters. The van der Waals surface area contributed by atoms with E-state index in [4.69, 9.17) is 29.6 Å². The predicted molar refractivity (Wildman–Crippen MR) is 81.1 cm³/mol. The minimum Gasteiger partial charge on any atom is -0.389 e. The summed E-state index contributed by atoms with van der Waals surface area (Å²) >= 11 is 12.4.